The number of hydrogen-bond acceptors (Lipinski definition) is 2. The van der Waals surface area contributed by atoms with E-state index in [0.29, 0.717) is 2.78 Å². The van der Waals surface area contributed by atoms with Gasteiger partial charge in [0.2, 0.25) is 0 Å². The minimum atomic E-state index is -1.79. The molecule has 1 aromatic heterocycles. The van der Waals surface area contributed by atoms with E-state index in [1.54, 1.807) is 0 Å². The summed E-state index contributed by atoms with van der Waals surface area (Å²) < 4.78 is 11.9. The van der Waals surface area contributed by atoms with Gasteiger partial charge in [-0.05, 0) is 0 Å². The Balaban J connectivity index is 3.03. The molecule has 0 unspecified atom stereocenters. The summed E-state index contributed by atoms with van der Waals surface area (Å²) in [5, 5.41) is 0. The van der Waals surface area contributed by atoms with Gasteiger partial charge in [-0.1, -0.05) is 0 Å². The predicted octanol–water partition coefficient (Wildman–Crippen LogP) is -4.18. The van der Waals surface area contributed by atoms with Crippen molar-refractivity contribution in [3.63, 3.8) is 0 Å². The van der Waals surface area contributed by atoms with Crippen molar-refractivity contribution >= 4 is 0 Å². The summed E-state index contributed by atoms with van der Waals surface area (Å²) in [6.07, 6.45) is 0. The molecule has 1 rings (SSSR count). The molecule has 0 saturated carbocycles. The first-order valence-electron chi connectivity index (χ1n) is 1.42. The zero-order valence-electron chi connectivity index (χ0n) is 3.02. The molecule has 0 aliphatic rings. The molecule has 1 heterocycles. The summed E-state index contributed by atoms with van der Waals surface area (Å²) in [4.78, 5) is 19.6. The number of aromatic nitrogens is 1. The van der Waals surface area contributed by atoms with E-state index in [4.69, 9.17) is 0 Å². The van der Waals surface area contributed by atoms with Crippen LogP contribution in [0.15, 0.2) is 9.59 Å². The zero-order chi connectivity index (χ0) is 5.44. The summed E-state index contributed by atoms with van der Waals surface area (Å²) in [5.41, 5.74) is -1.34. The van der Waals surface area contributed by atoms with Crippen LogP contribution < -0.4 is 33.2 Å². The van der Waals surface area contributed by atoms with Crippen LogP contribution in [-0.4, -0.2) is 2.78 Å². The van der Waals surface area contributed by atoms with Gasteiger partial charge in [0, 0.05) is 0 Å². The summed E-state index contributed by atoms with van der Waals surface area (Å²) in [6.45, 7) is 0. The average Bonchev–Trinajstić information content (AvgIpc) is 2.17. The van der Waals surface area contributed by atoms with E-state index in [0.717, 1.165) is 0 Å². The van der Waals surface area contributed by atoms with Crippen LogP contribution in [0, 0.1) is 0 Å². The van der Waals surface area contributed by atoms with E-state index in [9.17, 15) is 12.4 Å². The van der Waals surface area contributed by atoms with Gasteiger partial charge in [0.1, 0.15) is 0 Å². The van der Waals surface area contributed by atoms with Crippen molar-refractivity contribution in [2.75, 3.05) is 0 Å². The van der Waals surface area contributed by atoms with Crippen LogP contribution in [0.4, 0.5) is 2.86 Å². The molecule has 0 bridgehead atoms. The average molecular weight is 216 g/mol. The first-order valence-corrected chi connectivity index (χ1v) is 3.20. The van der Waals surface area contributed by atoms with Crippen molar-refractivity contribution in [3.8, 4) is 0 Å². The van der Waals surface area contributed by atoms with E-state index in [1.165, 1.54) is 0 Å². The summed E-state index contributed by atoms with van der Waals surface area (Å²) in [7, 11) is 0. The van der Waals surface area contributed by atoms with Crippen LogP contribution in [0.3, 0.4) is 0 Å². The standard InChI is InChI=1S/C2FINO2/c3-4-5-1(6)2(5)7/q-1. The molecule has 0 spiro atoms. The molecule has 0 radical (unpaired) electrons. The molecule has 1 aromatic rings. The van der Waals surface area contributed by atoms with Crippen LogP contribution in [0.1, 0.15) is 0 Å². The Morgan fingerprint density at radius 3 is 1.86 bits per heavy atom. The van der Waals surface area contributed by atoms with Crippen LogP contribution >= 0.6 is 0 Å². The minimum absolute atomic E-state index is 0.624. The molecule has 7 heavy (non-hydrogen) atoms. The fourth-order valence-corrected chi connectivity index (χ4v) is 0.812. The summed E-state index contributed by atoms with van der Waals surface area (Å²) >= 11 is -1.79. The summed E-state index contributed by atoms with van der Waals surface area (Å²) in [5.74, 6) is 0. The number of rotatable bonds is 1. The first kappa shape index (κ1) is 4.95. The third kappa shape index (κ3) is 0.601. The van der Waals surface area contributed by atoms with E-state index >= 15 is 0 Å². The number of nitrogens with zero attached hydrogens (tertiary/aromatic N) is 1. The van der Waals surface area contributed by atoms with Crippen LogP contribution in [0.25, 0.3) is 0 Å². The van der Waals surface area contributed by atoms with Gasteiger partial charge >= 0.3 is 48.4 Å². The molecule has 0 amide bonds. The van der Waals surface area contributed by atoms with Gasteiger partial charge in [0.05, 0.1) is 0 Å². The molecule has 0 saturated heterocycles. The second-order valence-electron chi connectivity index (χ2n) is 0.955. The van der Waals surface area contributed by atoms with Gasteiger partial charge in [0.25, 0.3) is 0 Å². The van der Waals surface area contributed by atoms with E-state index in [1.807, 2.05) is 0 Å². The van der Waals surface area contributed by atoms with Gasteiger partial charge in [-0.15, -0.1) is 0 Å². The Morgan fingerprint density at radius 2 is 1.86 bits per heavy atom. The molecular formula is C2FINO2-. The van der Waals surface area contributed by atoms with Gasteiger partial charge in [-0.2, -0.15) is 0 Å². The van der Waals surface area contributed by atoms with E-state index < -0.39 is 33.2 Å². The maximum atomic E-state index is 11.3. The fraction of sp³-hybridized carbons (Fsp3) is 0. The van der Waals surface area contributed by atoms with Crippen molar-refractivity contribution in [2.45, 2.75) is 0 Å². The maximum absolute atomic E-state index is 11.3. The molecule has 3 nitrogen and oxygen atoms in total. The van der Waals surface area contributed by atoms with Gasteiger partial charge in [-0.25, -0.2) is 0 Å². The van der Waals surface area contributed by atoms with Crippen molar-refractivity contribution in [1.29, 1.82) is 0 Å². The first-order chi connectivity index (χ1) is 3.27. The second kappa shape index (κ2) is 1.39. The topological polar surface area (TPSA) is 39.1 Å². The van der Waals surface area contributed by atoms with E-state index in [2.05, 4.69) is 0 Å². The van der Waals surface area contributed by atoms with Crippen molar-refractivity contribution in [1.82, 2.24) is 2.78 Å². The van der Waals surface area contributed by atoms with Gasteiger partial charge in [0.15, 0.2) is 0 Å². The SMILES string of the molecule is O=c1c(=O)n1[I-]F. The zero-order valence-corrected chi connectivity index (χ0v) is 5.18. The van der Waals surface area contributed by atoms with Crippen molar-refractivity contribution < 1.29 is 24.9 Å². The Labute approximate surface area is 48.8 Å². The fourth-order valence-electron chi connectivity index (χ4n) is 0.176. The Hall–Kier alpha value is -0.200. The third-order valence-electron chi connectivity index (χ3n) is 0.553. The second-order valence-corrected chi connectivity index (χ2v) is 2.28. The molecule has 0 N–H and O–H groups in total. The van der Waals surface area contributed by atoms with Crippen LogP contribution in [0.2, 0.25) is 0 Å². The quantitative estimate of drug-likeness (QED) is 0.353. The van der Waals surface area contributed by atoms with Crippen LogP contribution in [-0.2, 0) is 0 Å². The molecule has 0 aromatic carbocycles. The van der Waals surface area contributed by atoms with E-state index in [-0.39, 0.29) is 0 Å². The third-order valence-corrected chi connectivity index (χ3v) is 1.79. The monoisotopic (exact) mass is 216 g/mol. The Bertz CT molecular complexity index is 209. The van der Waals surface area contributed by atoms with Gasteiger partial charge in [-0.3, -0.25) is 0 Å². The van der Waals surface area contributed by atoms with Crippen LogP contribution in [0.5, 0.6) is 0 Å². The van der Waals surface area contributed by atoms with Crippen molar-refractivity contribution in [3.05, 3.63) is 20.7 Å². The molecule has 40 valence electrons. The predicted molar refractivity (Wildman–Crippen MR) is 15.8 cm³/mol. The molecule has 5 heteroatoms. The van der Waals surface area contributed by atoms with Crippen molar-refractivity contribution in [2.24, 2.45) is 0 Å². The molecule has 0 aliphatic heterocycles. The molecule has 0 aliphatic carbocycles. The molecular weight excluding hydrogens is 216 g/mol. The Morgan fingerprint density at radius 1 is 1.43 bits per heavy atom. The number of halogens is 2. The van der Waals surface area contributed by atoms with Gasteiger partial charge < -0.3 is 0 Å². The Kier molecular flexibility index (Phi) is 0.983. The molecule has 0 fully saturated rings. The number of hydrogen-bond donors (Lipinski definition) is 0. The molecule has 0 atom stereocenters. The summed E-state index contributed by atoms with van der Waals surface area (Å²) in [6, 6.07) is 0. The normalized spacial score (nSPS) is 11.0.